The molecular formula is C32H49ClN4O5. The molecule has 3 N–H and O–H groups in total. The van der Waals surface area contributed by atoms with Crippen LogP contribution in [0, 0.1) is 5.92 Å². The monoisotopic (exact) mass is 604 g/mol. The van der Waals surface area contributed by atoms with Gasteiger partial charge in [-0.05, 0) is 75.1 Å². The van der Waals surface area contributed by atoms with Gasteiger partial charge < -0.3 is 25.4 Å². The fourth-order valence-corrected chi connectivity index (χ4v) is 7.22. The Bertz CT molecular complexity index is 1080. The van der Waals surface area contributed by atoms with Gasteiger partial charge in [0.25, 0.3) is 5.91 Å². The number of nitrogens with one attached hydrogen (secondary N) is 2. The average molecular weight is 605 g/mol. The molecule has 1 spiro atoms. The minimum atomic E-state index is -0.865. The van der Waals surface area contributed by atoms with E-state index in [2.05, 4.69) is 22.5 Å². The second-order valence-corrected chi connectivity index (χ2v) is 12.7. The fraction of sp³-hybridized carbons (Fsp3) is 0.719. The van der Waals surface area contributed by atoms with E-state index in [4.69, 9.17) is 4.74 Å². The lowest BCUT2D eigenvalue weighted by atomic mass is 9.77. The molecular weight excluding hydrogens is 556 g/mol. The molecule has 2 heterocycles. The van der Waals surface area contributed by atoms with Crippen LogP contribution in [0.1, 0.15) is 94.3 Å². The zero-order valence-electron chi connectivity index (χ0n) is 25.2. The minimum Gasteiger partial charge on any atom is -0.492 e. The molecule has 0 bridgehead atoms. The number of likely N-dealkylation sites (tertiary alicyclic amines) is 1. The minimum absolute atomic E-state index is 0. The number of amides is 3. The van der Waals surface area contributed by atoms with E-state index in [-0.39, 0.29) is 36.2 Å². The summed E-state index contributed by atoms with van der Waals surface area (Å²) in [6.45, 7) is 4.72. The Morgan fingerprint density at radius 3 is 2.36 bits per heavy atom. The van der Waals surface area contributed by atoms with Crippen LogP contribution in [0.2, 0.25) is 0 Å². The summed E-state index contributed by atoms with van der Waals surface area (Å²) in [4.78, 5) is 43.9. The molecule has 0 radical (unpaired) electrons. The summed E-state index contributed by atoms with van der Waals surface area (Å²) in [5.41, 5.74) is -1.09. The number of piperazine rings is 1. The second-order valence-electron chi connectivity index (χ2n) is 12.7. The third kappa shape index (κ3) is 7.05. The molecule has 2 saturated carbocycles. The quantitative estimate of drug-likeness (QED) is 0.355. The van der Waals surface area contributed by atoms with E-state index in [1.54, 1.807) is 19.2 Å². The zero-order valence-corrected chi connectivity index (χ0v) is 26.1. The second kappa shape index (κ2) is 14.0. The molecule has 4 aliphatic rings. The topological polar surface area (TPSA) is 111 Å². The van der Waals surface area contributed by atoms with E-state index < -0.39 is 17.2 Å². The Balaban J connectivity index is 0.00000405. The smallest absolute Gasteiger partial charge is 0.251 e. The van der Waals surface area contributed by atoms with Gasteiger partial charge in [-0.3, -0.25) is 19.3 Å². The van der Waals surface area contributed by atoms with Gasteiger partial charge in [0, 0.05) is 44.7 Å². The Hall–Kier alpha value is -2.36. The van der Waals surface area contributed by atoms with Gasteiger partial charge in [-0.2, -0.15) is 0 Å². The number of ether oxygens (including phenoxy) is 1. The highest BCUT2D eigenvalue weighted by Crippen LogP contribution is 2.41. The van der Waals surface area contributed by atoms with Crippen molar-refractivity contribution in [3.8, 4) is 5.75 Å². The summed E-state index contributed by atoms with van der Waals surface area (Å²) in [6, 6.07) is 6.83. The van der Waals surface area contributed by atoms with E-state index in [1.165, 1.54) is 12.8 Å². The normalized spacial score (nSPS) is 24.5. The van der Waals surface area contributed by atoms with Gasteiger partial charge in [-0.25, -0.2) is 0 Å². The molecule has 1 aromatic rings. The molecule has 234 valence electrons. The third-order valence-electron chi connectivity index (χ3n) is 9.94. The van der Waals surface area contributed by atoms with Gasteiger partial charge in [-0.15, -0.1) is 12.4 Å². The van der Waals surface area contributed by atoms with Crippen molar-refractivity contribution in [2.45, 2.75) is 107 Å². The molecule has 5 rings (SSSR count). The van der Waals surface area contributed by atoms with Gasteiger partial charge in [-0.1, -0.05) is 32.6 Å². The fourth-order valence-electron chi connectivity index (χ4n) is 7.22. The van der Waals surface area contributed by atoms with Crippen LogP contribution in [-0.4, -0.2) is 89.1 Å². The lowest BCUT2D eigenvalue weighted by Gasteiger charge is -2.53. The van der Waals surface area contributed by atoms with Crippen LogP contribution >= 0.6 is 12.4 Å². The number of aliphatic hydroxyl groups is 1. The van der Waals surface area contributed by atoms with Crippen LogP contribution in [0.25, 0.3) is 0 Å². The number of hydrogen-bond donors (Lipinski definition) is 3. The Kier molecular flexibility index (Phi) is 10.8. The van der Waals surface area contributed by atoms with Crippen LogP contribution < -0.4 is 15.4 Å². The van der Waals surface area contributed by atoms with E-state index >= 15 is 0 Å². The van der Waals surface area contributed by atoms with Gasteiger partial charge in [0.1, 0.15) is 23.9 Å². The summed E-state index contributed by atoms with van der Waals surface area (Å²) in [5.74, 6) is 1.13. The SMILES string of the molecule is CCCCN1C(=O)[C@@H](CC2(O)CCCCC2)NC(=O)C12CCN([C@@H](COc1ccc(C(=O)NC)cc1)C1CC1)CC2.Cl. The number of benzene rings is 1. The van der Waals surface area contributed by atoms with Crippen molar-refractivity contribution in [2.75, 3.05) is 33.3 Å². The largest absolute Gasteiger partial charge is 0.492 e. The van der Waals surface area contributed by atoms with Gasteiger partial charge >= 0.3 is 0 Å². The first-order valence-corrected chi connectivity index (χ1v) is 15.8. The summed E-state index contributed by atoms with van der Waals surface area (Å²) in [7, 11) is 1.62. The molecule has 2 atom stereocenters. The number of carbonyl (C=O) groups excluding carboxylic acids is 3. The number of hydrogen-bond acceptors (Lipinski definition) is 6. The van der Waals surface area contributed by atoms with E-state index in [9.17, 15) is 19.5 Å². The number of nitrogens with zero attached hydrogens (tertiary/aromatic N) is 2. The van der Waals surface area contributed by atoms with Crippen LogP contribution in [0.4, 0.5) is 0 Å². The molecule has 10 heteroatoms. The maximum atomic E-state index is 13.9. The molecule has 9 nitrogen and oxygen atoms in total. The summed E-state index contributed by atoms with van der Waals surface area (Å²) in [5, 5.41) is 16.9. The van der Waals surface area contributed by atoms with Gasteiger partial charge in [0.15, 0.2) is 0 Å². The van der Waals surface area contributed by atoms with Crippen molar-refractivity contribution >= 4 is 30.1 Å². The molecule has 2 aliphatic heterocycles. The Morgan fingerprint density at radius 2 is 1.76 bits per heavy atom. The maximum absolute atomic E-state index is 13.9. The van der Waals surface area contributed by atoms with E-state index in [1.807, 2.05) is 17.0 Å². The summed E-state index contributed by atoms with van der Waals surface area (Å²) in [6.07, 6.45) is 10.1. The highest BCUT2D eigenvalue weighted by molar-refractivity contribution is 6.00. The van der Waals surface area contributed by atoms with Crippen molar-refractivity contribution < 1.29 is 24.2 Å². The van der Waals surface area contributed by atoms with Crippen molar-refractivity contribution in [1.82, 2.24) is 20.4 Å². The number of piperidine rings is 1. The molecule has 4 fully saturated rings. The predicted molar refractivity (Wildman–Crippen MR) is 164 cm³/mol. The molecule has 2 saturated heterocycles. The van der Waals surface area contributed by atoms with E-state index in [0.29, 0.717) is 56.7 Å². The van der Waals surface area contributed by atoms with Crippen molar-refractivity contribution in [3.05, 3.63) is 29.8 Å². The predicted octanol–water partition coefficient (Wildman–Crippen LogP) is 3.67. The standard InChI is InChI=1S/C32H48N4O5.ClH/c1-3-4-18-36-29(38)26(21-31(40)14-6-5-7-15-31)34-30(39)32(36)16-19-35(20-17-32)27(23-8-9-23)22-41-25-12-10-24(11-13-25)28(37)33-2;/h10-13,23,26-27,40H,3-9,14-22H2,1-2H3,(H,33,37)(H,34,39);1H/t26-,27+;/m1./s1. The average Bonchev–Trinajstić information content (AvgIpc) is 3.82. The molecule has 0 unspecified atom stereocenters. The number of unbranched alkanes of at least 4 members (excludes halogenated alkanes) is 1. The molecule has 0 aromatic heterocycles. The van der Waals surface area contributed by atoms with Crippen LogP contribution in [0.5, 0.6) is 5.75 Å². The zero-order chi connectivity index (χ0) is 29.0. The van der Waals surface area contributed by atoms with Crippen LogP contribution in [-0.2, 0) is 9.59 Å². The van der Waals surface area contributed by atoms with Crippen molar-refractivity contribution in [1.29, 1.82) is 0 Å². The van der Waals surface area contributed by atoms with E-state index in [0.717, 1.165) is 50.9 Å². The first-order chi connectivity index (χ1) is 19.8. The third-order valence-corrected chi connectivity index (χ3v) is 9.94. The molecule has 2 aliphatic carbocycles. The lowest BCUT2D eigenvalue weighted by molar-refractivity contribution is -0.164. The number of rotatable bonds is 11. The van der Waals surface area contributed by atoms with Crippen molar-refractivity contribution in [3.63, 3.8) is 0 Å². The Labute approximate surface area is 256 Å². The first-order valence-electron chi connectivity index (χ1n) is 15.8. The molecule has 42 heavy (non-hydrogen) atoms. The maximum Gasteiger partial charge on any atom is 0.251 e. The lowest BCUT2D eigenvalue weighted by Crippen LogP contribution is -2.73. The molecule has 1 aromatic carbocycles. The van der Waals surface area contributed by atoms with Crippen molar-refractivity contribution in [2.24, 2.45) is 5.92 Å². The number of carbonyl (C=O) groups is 3. The summed E-state index contributed by atoms with van der Waals surface area (Å²) < 4.78 is 6.20. The Morgan fingerprint density at radius 1 is 1.10 bits per heavy atom. The number of halogens is 1. The van der Waals surface area contributed by atoms with Gasteiger partial charge in [0.2, 0.25) is 11.8 Å². The highest BCUT2D eigenvalue weighted by atomic mass is 35.5. The van der Waals surface area contributed by atoms with Crippen LogP contribution in [0.15, 0.2) is 24.3 Å². The molecule has 3 amide bonds. The first kappa shape index (κ1) is 32.6. The highest BCUT2D eigenvalue weighted by Gasteiger charge is 2.55. The summed E-state index contributed by atoms with van der Waals surface area (Å²) >= 11 is 0. The van der Waals surface area contributed by atoms with Gasteiger partial charge in [0.05, 0.1) is 5.60 Å². The van der Waals surface area contributed by atoms with Crippen LogP contribution in [0.3, 0.4) is 0 Å².